The van der Waals surface area contributed by atoms with Crippen molar-refractivity contribution in [2.24, 2.45) is 0 Å². The van der Waals surface area contributed by atoms with Gasteiger partial charge in [-0.2, -0.15) is 18.4 Å². The van der Waals surface area contributed by atoms with Crippen LogP contribution in [0.15, 0.2) is 18.2 Å². The van der Waals surface area contributed by atoms with Crippen molar-refractivity contribution in [2.75, 3.05) is 4.72 Å². The van der Waals surface area contributed by atoms with Crippen LogP contribution in [-0.2, 0) is 10.2 Å². The fraction of sp³-hybridized carbons (Fsp3) is 0.364. The summed E-state index contributed by atoms with van der Waals surface area (Å²) < 4.78 is 28.4. The van der Waals surface area contributed by atoms with E-state index in [0.29, 0.717) is 11.3 Å². The SMILES string of the molecule is Cc1ccc(C#N)cc1NS(=O)(=O)NC1CC1. The molecule has 90 valence electrons. The summed E-state index contributed by atoms with van der Waals surface area (Å²) in [4.78, 5) is 0. The third kappa shape index (κ3) is 3.19. The highest BCUT2D eigenvalue weighted by molar-refractivity contribution is 7.90. The minimum Gasteiger partial charge on any atom is -0.271 e. The molecule has 1 saturated carbocycles. The van der Waals surface area contributed by atoms with E-state index in [9.17, 15) is 8.42 Å². The number of aryl methyl sites for hydroxylation is 1. The molecular formula is C11H13N3O2S. The van der Waals surface area contributed by atoms with Crippen LogP contribution in [0.5, 0.6) is 0 Å². The van der Waals surface area contributed by atoms with Crippen LogP contribution in [0.2, 0.25) is 0 Å². The monoisotopic (exact) mass is 251 g/mol. The molecule has 1 aliphatic rings. The van der Waals surface area contributed by atoms with Gasteiger partial charge in [0.2, 0.25) is 0 Å². The Morgan fingerprint density at radius 2 is 2.12 bits per heavy atom. The second-order valence-electron chi connectivity index (χ2n) is 4.14. The number of anilines is 1. The summed E-state index contributed by atoms with van der Waals surface area (Å²) in [5.74, 6) is 0. The molecule has 1 aliphatic carbocycles. The van der Waals surface area contributed by atoms with E-state index in [-0.39, 0.29) is 6.04 Å². The first-order chi connectivity index (χ1) is 8.00. The van der Waals surface area contributed by atoms with Crippen molar-refractivity contribution < 1.29 is 8.42 Å². The highest BCUT2D eigenvalue weighted by atomic mass is 32.2. The van der Waals surface area contributed by atoms with Crippen LogP contribution in [0, 0.1) is 18.3 Å². The highest BCUT2D eigenvalue weighted by Gasteiger charge is 2.27. The first-order valence-corrected chi connectivity index (χ1v) is 6.79. The van der Waals surface area contributed by atoms with Crippen molar-refractivity contribution in [3.8, 4) is 6.07 Å². The maximum Gasteiger partial charge on any atom is 0.299 e. The lowest BCUT2D eigenvalue weighted by molar-refractivity contribution is 0.586. The van der Waals surface area contributed by atoms with Crippen molar-refractivity contribution in [2.45, 2.75) is 25.8 Å². The third-order valence-corrected chi connectivity index (χ3v) is 3.64. The normalized spacial score (nSPS) is 15.3. The molecule has 0 heterocycles. The number of hydrogen-bond donors (Lipinski definition) is 2. The molecule has 0 atom stereocenters. The Balaban J connectivity index is 2.19. The van der Waals surface area contributed by atoms with Crippen molar-refractivity contribution in [3.63, 3.8) is 0 Å². The number of nitrogens with zero attached hydrogens (tertiary/aromatic N) is 1. The Bertz CT molecular complexity index is 571. The second-order valence-corrected chi connectivity index (χ2v) is 5.59. The van der Waals surface area contributed by atoms with Gasteiger partial charge in [0, 0.05) is 6.04 Å². The van der Waals surface area contributed by atoms with Crippen molar-refractivity contribution in [3.05, 3.63) is 29.3 Å². The molecule has 0 aromatic heterocycles. The minimum absolute atomic E-state index is 0.0620. The van der Waals surface area contributed by atoms with Gasteiger partial charge in [-0.1, -0.05) is 6.07 Å². The lowest BCUT2D eigenvalue weighted by Crippen LogP contribution is -2.32. The largest absolute Gasteiger partial charge is 0.299 e. The number of benzene rings is 1. The molecule has 0 bridgehead atoms. The third-order valence-electron chi connectivity index (χ3n) is 2.51. The summed E-state index contributed by atoms with van der Waals surface area (Å²) in [5, 5.41) is 8.76. The molecule has 0 saturated heterocycles. The van der Waals surface area contributed by atoms with Crippen molar-refractivity contribution in [1.29, 1.82) is 5.26 Å². The van der Waals surface area contributed by atoms with Gasteiger partial charge in [0.05, 0.1) is 17.3 Å². The van der Waals surface area contributed by atoms with Crippen LogP contribution < -0.4 is 9.44 Å². The molecule has 1 aromatic rings. The van der Waals surface area contributed by atoms with E-state index < -0.39 is 10.2 Å². The quantitative estimate of drug-likeness (QED) is 0.845. The second kappa shape index (κ2) is 4.35. The average molecular weight is 251 g/mol. The molecule has 1 fully saturated rings. The maximum atomic E-state index is 11.7. The molecule has 0 amide bonds. The molecule has 0 aliphatic heterocycles. The Hall–Kier alpha value is -1.58. The van der Waals surface area contributed by atoms with Gasteiger partial charge in [0.25, 0.3) is 10.2 Å². The van der Waals surface area contributed by atoms with Gasteiger partial charge in [-0.25, -0.2) is 0 Å². The summed E-state index contributed by atoms with van der Waals surface area (Å²) >= 11 is 0. The van der Waals surface area contributed by atoms with Gasteiger partial charge >= 0.3 is 0 Å². The molecule has 0 spiro atoms. The predicted molar refractivity (Wildman–Crippen MR) is 64.6 cm³/mol. The minimum atomic E-state index is -3.53. The predicted octanol–water partition coefficient (Wildman–Crippen LogP) is 1.28. The Morgan fingerprint density at radius 1 is 1.41 bits per heavy atom. The van der Waals surface area contributed by atoms with Crippen LogP contribution in [0.1, 0.15) is 24.0 Å². The number of rotatable bonds is 4. The average Bonchev–Trinajstić information content (AvgIpc) is 3.04. The molecule has 2 rings (SSSR count). The summed E-state index contributed by atoms with van der Waals surface area (Å²) in [6.07, 6.45) is 1.77. The number of nitrogens with one attached hydrogen (secondary N) is 2. The van der Waals surface area contributed by atoms with Crippen LogP contribution in [0.4, 0.5) is 5.69 Å². The first kappa shape index (κ1) is 11.9. The van der Waals surface area contributed by atoms with Crippen molar-refractivity contribution in [1.82, 2.24) is 4.72 Å². The van der Waals surface area contributed by atoms with Gasteiger partial charge in [-0.05, 0) is 37.5 Å². The molecule has 2 N–H and O–H groups in total. The fourth-order valence-corrected chi connectivity index (χ4v) is 2.64. The van der Waals surface area contributed by atoms with Crippen LogP contribution in [0.3, 0.4) is 0 Å². The molecular weight excluding hydrogens is 238 g/mol. The van der Waals surface area contributed by atoms with E-state index in [1.807, 2.05) is 6.07 Å². The van der Waals surface area contributed by atoms with Gasteiger partial charge in [-0.15, -0.1) is 0 Å². The van der Waals surface area contributed by atoms with E-state index in [4.69, 9.17) is 5.26 Å². The van der Waals surface area contributed by atoms with E-state index in [1.54, 1.807) is 19.1 Å². The molecule has 17 heavy (non-hydrogen) atoms. The molecule has 5 nitrogen and oxygen atoms in total. The van der Waals surface area contributed by atoms with Gasteiger partial charge in [-0.3, -0.25) is 4.72 Å². The lowest BCUT2D eigenvalue weighted by atomic mass is 10.1. The van der Waals surface area contributed by atoms with Crippen LogP contribution in [-0.4, -0.2) is 14.5 Å². The van der Waals surface area contributed by atoms with Gasteiger partial charge < -0.3 is 0 Å². The molecule has 6 heteroatoms. The van der Waals surface area contributed by atoms with E-state index in [2.05, 4.69) is 9.44 Å². The molecule has 0 radical (unpaired) electrons. The summed E-state index contributed by atoms with van der Waals surface area (Å²) in [7, 11) is -3.53. The smallest absolute Gasteiger partial charge is 0.271 e. The zero-order valence-corrected chi connectivity index (χ0v) is 10.2. The standard InChI is InChI=1S/C11H13N3O2S/c1-8-2-3-9(7-12)6-11(8)14-17(15,16)13-10-4-5-10/h2-3,6,10,13-14H,4-5H2,1H3. The van der Waals surface area contributed by atoms with Gasteiger partial charge in [0.15, 0.2) is 0 Å². The van der Waals surface area contributed by atoms with Crippen LogP contribution >= 0.6 is 0 Å². The molecule has 1 aromatic carbocycles. The topological polar surface area (TPSA) is 82.0 Å². The first-order valence-electron chi connectivity index (χ1n) is 5.31. The summed E-state index contributed by atoms with van der Waals surface area (Å²) in [5.41, 5.74) is 1.65. The number of nitriles is 1. The molecule has 0 unspecified atom stereocenters. The highest BCUT2D eigenvalue weighted by Crippen LogP contribution is 2.22. The maximum absolute atomic E-state index is 11.7. The zero-order chi connectivity index (χ0) is 12.5. The Morgan fingerprint density at radius 3 is 2.71 bits per heavy atom. The Labute approximate surface area is 101 Å². The lowest BCUT2D eigenvalue weighted by Gasteiger charge is -2.11. The Kier molecular flexibility index (Phi) is 3.05. The van der Waals surface area contributed by atoms with E-state index >= 15 is 0 Å². The van der Waals surface area contributed by atoms with E-state index in [1.165, 1.54) is 6.07 Å². The van der Waals surface area contributed by atoms with Crippen molar-refractivity contribution >= 4 is 15.9 Å². The fourth-order valence-electron chi connectivity index (χ4n) is 1.40. The van der Waals surface area contributed by atoms with Gasteiger partial charge in [0.1, 0.15) is 0 Å². The van der Waals surface area contributed by atoms with E-state index in [0.717, 1.165) is 18.4 Å². The summed E-state index contributed by atoms with van der Waals surface area (Å²) in [6.45, 7) is 1.79. The van der Waals surface area contributed by atoms with Crippen LogP contribution in [0.25, 0.3) is 0 Å². The summed E-state index contributed by atoms with van der Waals surface area (Å²) in [6, 6.07) is 6.94. The zero-order valence-electron chi connectivity index (χ0n) is 9.40. The number of hydrogen-bond acceptors (Lipinski definition) is 3.